The maximum absolute atomic E-state index is 13.8. The third-order valence-electron chi connectivity index (χ3n) is 3.82. The van der Waals surface area contributed by atoms with E-state index in [-0.39, 0.29) is 12.6 Å². The molecule has 0 bridgehead atoms. The highest BCUT2D eigenvalue weighted by Gasteiger charge is 2.19. The molecule has 0 heterocycles. The predicted octanol–water partition coefficient (Wildman–Crippen LogP) is 3.22. The van der Waals surface area contributed by atoms with E-state index in [0.29, 0.717) is 16.9 Å². The van der Waals surface area contributed by atoms with Crippen molar-refractivity contribution in [3.8, 4) is 11.8 Å². The number of nitrogens with two attached hydrogens (primary N) is 1. The first-order valence-corrected chi connectivity index (χ1v) is 6.87. The van der Waals surface area contributed by atoms with Crippen molar-refractivity contribution in [1.29, 1.82) is 5.26 Å². The highest BCUT2D eigenvalue weighted by Crippen LogP contribution is 2.32. The molecule has 1 atom stereocenters. The molecule has 0 saturated heterocycles. The van der Waals surface area contributed by atoms with E-state index in [9.17, 15) is 4.39 Å². The summed E-state index contributed by atoms with van der Waals surface area (Å²) >= 11 is 0. The van der Waals surface area contributed by atoms with Crippen LogP contribution in [0.25, 0.3) is 0 Å². The summed E-state index contributed by atoms with van der Waals surface area (Å²) in [6, 6.07) is 12.2. The van der Waals surface area contributed by atoms with Crippen LogP contribution in [0.4, 0.5) is 4.39 Å². The second-order valence-corrected chi connectivity index (χ2v) is 5.21. The van der Waals surface area contributed by atoms with Crippen LogP contribution in [0.2, 0.25) is 0 Å². The van der Waals surface area contributed by atoms with Crippen LogP contribution in [-0.2, 0) is 13.0 Å². The van der Waals surface area contributed by atoms with Gasteiger partial charge < -0.3 is 10.5 Å². The minimum atomic E-state index is -0.419. The second-order valence-electron chi connectivity index (χ2n) is 5.21. The summed E-state index contributed by atoms with van der Waals surface area (Å²) in [5, 5.41) is 8.71. The fraction of sp³-hybridized carbons (Fsp3) is 0.235. The van der Waals surface area contributed by atoms with Crippen LogP contribution in [-0.4, -0.2) is 0 Å². The van der Waals surface area contributed by atoms with Gasteiger partial charge in [-0.25, -0.2) is 4.39 Å². The number of hydrogen-bond acceptors (Lipinski definition) is 3. The standard InChI is InChI=1S/C17H15FN2O/c18-16-7-11(9-19)1-2-13(16)10-21-14-4-5-15-12(8-14)3-6-17(15)20/h1-2,4-5,7-8,17H,3,6,10,20H2/t17-/m0/s1. The molecule has 3 nitrogen and oxygen atoms in total. The molecule has 2 N–H and O–H groups in total. The minimum Gasteiger partial charge on any atom is -0.489 e. The minimum absolute atomic E-state index is 0.116. The largest absolute Gasteiger partial charge is 0.489 e. The van der Waals surface area contributed by atoms with Gasteiger partial charge in [-0.3, -0.25) is 0 Å². The van der Waals surface area contributed by atoms with Crippen LogP contribution in [0.15, 0.2) is 36.4 Å². The lowest BCUT2D eigenvalue weighted by atomic mass is 10.1. The van der Waals surface area contributed by atoms with Crippen molar-refractivity contribution in [2.24, 2.45) is 5.73 Å². The molecule has 2 aromatic rings. The van der Waals surface area contributed by atoms with E-state index in [1.165, 1.54) is 17.2 Å². The molecule has 0 saturated carbocycles. The monoisotopic (exact) mass is 282 g/mol. The van der Waals surface area contributed by atoms with Crippen LogP contribution < -0.4 is 10.5 Å². The number of ether oxygens (including phenoxy) is 1. The van der Waals surface area contributed by atoms with Crippen molar-refractivity contribution >= 4 is 0 Å². The summed E-state index contributed by atoms with van der Waals surface area (Å²) in [5.41, 5.74) is 9.12. The van der Waals surface area contributed by atoms with Gasteiger partial charge in [0.2, 0.25) is 0 Å². The Morgan fingerprint density at radius 3 is 2.90 bits per heavy atom. The molecular formula is C17H15FN2O. The van der Waals surface area contributed by atoms with Crippen molar-refractivity contribution in [1.82, 2.24) is 0 Å². The number of fused-ring (bicyclic) bond motifs is 1. The number of halogens is 1. The van der Waals surface area contributed by atoms with Gasteiger partial charge in [0.15, 0.2) is 0 Å². The van der Waals surface area contributed by atoms with Gasteiger partial charge in [0.1, 0.15) is 18.2 Å². The molecular weight excluding hydrogens is 267 g/mol. The molecule has 0 radical (unpaired) electrons. The van der Waals surface area contributed by atoms with E-state index < -0.39 is 5.82 Å². The normalized spacial score (nSPS) is 16.3. The highest BCUT2D eigenvalue weighted by molar-refractivity contribution is 5.40. The van der Waals surface area contributed by atoms with Gasteiger partial charge in [0, 0.05) is 11.6 Å². The maximum atomic E-state index is 13.8. The van der Waals surface area contributed by atoms with Crippen LogP contribution in [0, 0.1) is 17.1 Å². The Morgan fingerprint density at radius 1 is 1.29 bits per heavy atom. The number of benzene rings is 2. The number of nitrogens with zero attached hydrogens (tertiary/aromatic N) is 1. The second kappa shape index (κ2) is 5.55. The van der Waals surface area contributed by atoms with Gasteiger partial charge >= 0.3 is 0 Å². The van der Waals surface area contributed by atoms with E-state index in [2.05, 4.69) is 0 Å². The Labute approximate surface area is 122 Å². The SMILES string of the molecule is N#Cc1ccc(COc2ccc3c(c2)CC[C@@H]3N)c(F)c1. The third-order valence-corrected chi connectivity index (χ3v) is 3.82. The molecule has 106 valence electrons. The Bertz CT molecular complexity index is 721. The number of hydrogen-bond donors (Lipinski definition) is 1. The molecule has 0 aromatic heterocycles. The number of rotatable bonds is 3. The van der Waals surface area contributed by atoms with Gasteiger partial charge in [0.05, 0.1) is 11.6 Å². The van der Waals surface area contributed by atoms with Crippen molar-refractivity contribution in [3.63, 3.8) is 0 Å². The topological polar surface area (TPSA) is 59.0 Å². The molecule has 0 amide bonds. The van der Waals surface area contributed by atoms with E-state index in [1.54, 1.807) is 12.1 Å². The summed E-state index contributed by atoms with van der Waals surface area (Å²) in [6.45, 7) is 0.141. The van der Waals surface area contributed by atoms with Gasteiger partial charge in [-0.05, 0) is 48.2 Å². The predicted molar refractivity (Wildman–Crippen MR) is 77.1 cm³/mol. The highest BCUT2D eigenvalue weighted by atomic mass is 19.1. The van der Waals surface area contributed by atoms with E-state index in [4.69, 9.17) is 15.7 Å². The summed E-state index contributed by atoms with van der Waals surface area (Å²) in [7, 11) is 0. The molecule has 0 spiro atoms. The summed E-state index contributed by atoms with van der Waals surface area (Å²) < 4.78 is 19.4. The van der Waals surface area contributed by atoms with Gasteiger partial charge in [0.25, 0.3) is 0 Å². The molecule has 2 aromatic carbocycles. The quantitative estimate of drug-likeness (QED) is 0.940. The first kappa shape index (κ1) is 13.6. The molecule has 21 heavy (non-hydrogen) atoms. The maximum Gasteiger partial charge on any atom is 0.131 e. The Hall–Kier alpha value is -2.38. The van der Waals surface area contributed by atoms with E-state index in [0.717, 1.165) is 12.8 Å². The molecule has 0 aliphatic heterocycles. The van der Waals surface area contributed by atoms with Crippen molar-refractivity contribution in [2.75, 3.05) is 0 Å². The zero-order valence-electron chi connectivity index (χ0n) is 11.5. The average molecular weight is 282 g/mol. The lowest BCUT2D eigenvalue weighted by Gasteiger charge is -2.10. The summed E-state index contributed by atoms with van der Waals surface area (Å²) in [5.74, 6) is 0.295. The lowest BCUT2D eigenvalue weighted by Crippen LogP contribution is -2.05. The Balaban J connectivity index is 1.72. The number of nitriles is 1. The first-order chi connectivity index (χ1) is 10.2. The Morgan fingerprint density at radius 2 is 2.14 bits per heavy atom. The molecule has 0 unspecified atom stereocenters. The van der Waals surface area contributed by atoms with Gasteiger partial charge in [-0.1, -0.05) is 12.1 Å². The average Bonchev–Trinajstić information content (AvgIpc) is 2.87. The van der Waals surface area contributed by atoms with Crippen LogP contribution in [0.1, 0.15) is 34.7 Å². The van der Waals surface area contributed by atoms with Crippen LogP contribution in [0.5, 0.6) is 5.75 Å². The zero-order chi connectivity index (χ0) is 14.8. The summed E-state index contributed by atoms with van der Waals surface area (Å²) in [6.07, 6.45) is 1.92. The summed E-state index contributed by atoms with van der Waals surface area (Å²) in [4.78, 5) is 0. The third kappa shape index (κ3) is 2.74. The smallest absolute Gasteiger partial charge is 0.131 e. The van der Waals surface area contributed by atoms with Crippen molar-refractivity contribution in [3.05, 3.63) is 64.5 Å². The van der Waals surface area contributed by atoms with E-state index >= 15 is 0 Å². The molecule has 4 heteroatoms. The van der Waals surface area contributed by atoms with Crippen molar-refractivity contribution < 1.29 is 9.13 Å². The van der Waals surface area contributed by atoms with Crippen molar-refractivity contribution in [2.45, 2.75) is 25.5 Å². The lowest BCUT2D eigenvalue weighted by molar-refractivity contribution is 0.299. The van der Waals surface area contributed by atoms with Crippen LogP contribution >= 0.6 is 0 Å². The van der Waals surface area contributed by atoms with Crippen LogP contribution in [0.3, 0.4) is 0 Å². The first-order valence-electron chi connectivity index (χ1n) is 6.87. The number of aryl methyl sites for hydroxylation is 1. The molecule has 1 aliphatic carbocycles. The fourth-order valence-electron chi connectivity index (χ4n) is 2.61. The van der Waals surface area contributed by atoms with E-state index in [1.807, 2.05) is 24.3 Å². The van der Waals surface area contributed by atoms with Gasteiger partial charge in [-0.2, -0.15) is 5.26 Å². The van der Waals surface area contributed by atoms with Gasteiger partial charge in [-0.15, -0.1) is 0 Å². The Kier molecular flexibility index (Phi) is 3.59. The fourth-order valence-corrected chi connectivity index (χ4v) is 2.61. The zero-order valence-corrected chi connectivity index (χ0v) is 11.5. The molecule has 1 aliphatic rings. The molecule has 0 fully saturated rings. The molecule has 3 rings (SSSR count).